The third kappa shape index (κ3) is 5.09. The van der Waals surface area contributed by atoms with Gasteiger partial charge in [-0.2, -0.15) is 5.10 Å². The lowest BCUT2D eigenvalue weighted by Crippen LogP contribution is -2.18. The first-order chi connectivity index (χ1) is 18.5. The number of rotatable bonds is 7. The van der Waals surface area contributed by atoms with Crippen LogP contribution in [-0.4, -0.2) is 21.6 Å². The van der Waals surface area contributed by atoms with Crippen molar-refractivity contribution in [2.24, 2.45) is 5.10 Å². The first-order valence-corrected chi connectivity index (χ1v) is 12.1. The predicted octanol–water partition coefficient (Wildman–Crippen LogP) is 7.14. The zero-order valence-electron chi connectivity index (χ0n) is 20.0. The number of nitrogens with one attached hydrogen (secondary N) is 1. The van der Waals surface area contributed by atoms with Crippen molar-refractivity contribution in [2.75, 3.05) is 0 Å². The van der Waals surface area contributed by atoms with Gasteiger partial charge in [-0.1, -0.05) is 84.4 Å². The molecule has 1 N–H and O–H groups in total. The highest BCUT2D eigenvalue weighted by molar-refractivity contribution is 6.33. The highest BCUT2D eigenvalue weighted by Gasteiger charge is 2.19. The summed E-state index contributed by atoms with van der Waals surface area (Å²) in [7, 11) is 0. The fraction of sp³-hybridized carbons (Fsp3) is 0. The van der Waals surface area contributed by atoms with Crippen molar-refractivity contribution in [1.29, 1.82) is 0 Å². The molecule has 0 fully saturated rings. The zero-order valence-corrected chi connectivity index (χ0v) is 20.7. The minimum absolute atomic E-state index is 0.00694. The van der Waals surface area contributed by atoms with E-state index in [4.69, 9.17) is 11.6 Å². The summed E-state index contributed by atoms with van der Waals surface area (Å²) >= 11 is 6.15. The smallest absolute Gasteiger partial charge is 0.272 e. The fourth-order valence-corrected chi connectivity index (χ4v) is 4.42. The van der Waals surface area contributed by atoms with Gasteiger partial charge in [0.25, 0.3) is 11.6 Å². The Labute approximate surface area is 223 Å². The number of amides is 1. The van der Waals surface area contributed by atoms with Crippen LogP contribution in [0.1, 0.15) is 15.9 Å². The topological polar surface area (TPSA) is 89.5 Å². The third-order valence-corrected chi connectivity index (χ3v) is 6.28. The number of carbonyl (C=O) groups is 1. The predicted molar refractivity (Wildman–Crippen MR) is 150 cm³/mol. The lowest BCUT2D eigenvalue weighted by Gasteiger charge is -2.15. The van der Waals surface area contributed by atoms with Crippen LogP contribution in [0.2, 0.25) is 5.02 Å². The Balaban J connectivity index is 1.65. The van der Waals surface area contributed by atoms with E-state index in [1.807, 2.05) is 71.3 Å². The van der Waals surface area contributed by atoms with Crippen molar-refractivity contribution in [1.82, 2.24) is 9.99 Å². The van der Waals surface area contributed by atoms with Crippen molar-refractivity contribution in [3.63, 3.8) is 0 Å². The van der Waals surface area contributed by atoms with Gasteiger partial charge < -0.3 is 4.57 Å². The molecule has 0 spiro atoms. The van der Waals surface area contributed by atoms with Crippen molar-refractivity contribution in [3.05, 3.63) is 142 Å². The molecule has 0 aliphatic carbocycles. The monoisotopic (exact) mass is 520 g/mol. The number of benzene rings is 4. The summed E-state index contributed by atoms with van der Waals surface area (Å²) in [6.45, 7) is 0. The fourth-order valence-electron chi connectivity index (χ4n) is 4.20. The molecule has 5 rings (SSSR count). The maximum Gasteiger partial charge on any atom is 0.272 e. The SMILES string of the molecule is O=C(N/N=C/c1cc(-c2ccccc2)n(-c2ccc([N+](=O)[O-])cc2)c1-c1ccccc1)c1ccccc1Cl. The normalized spacial score (nSPS) is 11.0. The number of hydrazone groups is 1. The number of non-ortho nitro benzene ring substituents is 1. The van der Waals surface area contributed by atoms with Crippen LogP contribution in [0.5, 0.6) is 0 Å². The highest BCUT2D eigenvalue weighted by atomic mass is 35.5. The molecule has 38 heavy (non-hydrogen) atoms. The van der Waals surface area contributed by atoms with Crippen LogP contribution in [0.4, 0.5) is 5.69 Å². The van der Waals surface area contributed by atoms with E-state index < -0.39 is 10.8 Å². The molecule has 0 atom stereocenters. The van der Waals surface area contributed by atoms with Gasteiger partial charge in [-0.25, -0.2) is 5.43 Å². The van der Waals surface area contributed by atoms with Gasteiger partial charge in [-0.05, 0) is 41.5 Å². The second kappa shape index (κ2) is 10.9. The number of nitro groups is 1. The summed E-state index contributed by atoms with van der Waals surface area (Å²) in [6.07, 6.45) is 1.59. The molecule has 1 amide bonds. The molecular weight excluding hydrogens is 500 g/mol. The minimum Gasteiger partial charge on any atom is -0.309 e. The molecule has 5 aromatic rings. The maximum absolute atomic E-state index is 12.6. The largest absolute Gasteiger partial charge is 0.309 e. The second-order valence-corrected chi connectivity index (χ2v) is 8.76. The van der Waals surface area contributed by atoms with Crippen LogP contribution < -0.4 is 5.43 Å². The Morgan fingerprint density at radius 1 is 0.842 bits per heavy atom. The number of hydrogen-bond donors (Lipinski definition) is 1. The summed E-state index contributed by atoms with van der Waals surface area (Å²) in [4.78, 5) is 23.5. The molecule has 7 nitrogen and oxygen atoms in total. The van der Waals surface area contributed by atoms with Crippen molar-refractivity contribution < 1.29 is 9.72 Å². The van der Waals surface area contributed by atoms with Crippen LogP contribution in [0.15, 0.2) is 120 Å². The van der Waals surface area contributed by atoms with E-state index in [2.05, 4.69) is 10.5 Å². The van der Waals surface area contributed by atoms with Crippen LogP contribution >= 0.6 is 11.6 Å². The first kappa shape index (κ1) is 24.7. The molecular formula is C30H21ClN4O3. The van der Waals surface area contributed by atoms with Gasteiger partial charge in [-0.3, -0.25) is 14.9 Å². The molecule has 0 aliphatic heterocycles. The Morgan fingerprint density at radius 3 is 2.08 bits per heavy atom. The van der Waals surface area contributed by atoms with E-state index in [1.54, 1.807) is 42.6 Å². The van der Waals surface area contributed by atoms with Crippen LogP contribution in [0, 0.1) is 10.1 Å². The minimum atomic E-state index is -0.425. The van der Waals surface area contributed by atoms with Crippen molar-refractivity contribution >= 4 is 29.4 Å². The molecule has 0 saturated heterocycles. The van der Waals surface area contributed by atoms with Gasteiger partial charge in [0.15, 0.2) is 0 Å². The summed E-state index contributed by atoms with van der Waals surface area (Å²) in [5, 5.41) is 15.8. The van der Waals surface area contributed by atoms with E-state index in [0.29, 0.717) is 10.6 Å². The lowest BCUT2D eigenvalue weighted by atomic mass is 10.1. The van der Waals surface area contributed by atoms with Gasteiger partial charge in [0.1, 0.15) is 0 Å². The molecule has 1 aromatic heterocycles. The number of nitrogens with zero attached hydrogens (tertiary/aromatic N) is 3. The van der Waals surface area contributed by atoms with Gasteiger partial charge in [-0.15, -0.1) is 0 Å². The first-order valence-electron chi connectivity index (χ1n) is 11.7. The quantitative estimate of drug-likeness (QED) is 0.140. The summed E-state index contributed by atoms with van der Waals surface area (Å²) < 4.78 is 2.03. The molecule has 0 aliphatic rings. The van der Waals surface area contributed by atoms with Crippen LogP contribution in [-0.2, 0) is 0 Å². The Kier molecular flexibility index (Phi) is 7.10. The molecule has 8 heteroatoms. The molecule has 186 valence electrons. The Hall–Kier alpha value is -5.01. The van der Waals surface area contributed by atoms with Crippen LogP contribution in [0.25, 0.3) is 28.2 Å². The van der Waals surface area contributed by atoms with Gasteiger partial charge in [0.2, 0.25) is 0 Å². The highest BCUT2D eigenvalue weighted by Crippen LogP contribution is 2.35. The van der Waals surface area contributed by atoms with Gasteiger partial charge in [0.05, 0.1) is 33.1 Å². The average Bonchev–Trinajstić information content (AvgIpc) is 3.33. The standard InChI is InChI=1S/C30H21ClN4O3/c31-27-14-8-7-13-26(27)30(36)33-32-20-23-19-28(21-9-3-1-4-10-21)34(29(23)22-11-5-2-6-12-22)24-15-17-25(18-16-24)35(37)38/h1-20H,(H,33,36)/b32-20+. The summed E-state index contributed by atoms with van der Waals surface area (Å²) in [5.74, 6) is -0.425. The Morgan fingerprint density at radius 2 is 1.45 bits per heavy atom. The number of aromatic nitrogens is 1. The van der Waals surface area contributed by atoms with Gasteiger partial charge >= 0.3 is 0 Å². The van der Waals surface area contributed by atoms with Crippen molar-refractivity contribution in [2.45, 2.75) is 0 Å². The van der Waals surface area contributed by atoms with E-state index in [-0.39, 0.29) is 5.69 Å². The van der Waals surface area contributed by atoms with E-state index in [1.165, 1.54) is 12.1 Å². The second-order valence-electron chi connectivity index (χ2n) is 8.35. The number of carbonyl (C=O) groups excluding carboxylic acids is 1. The molecule has 0 bridgehead atoms. The van der Waals surface area contributed by atoms with Gasteiger partial charge in [0, 0.05) is 23.4 Å². The molecule has 4 aromatic carbocycles. The number of hydrogen-bond acceptors (Lipinski definition) is 4. The molecule has 0 radical (unpaired) electrons. The molecule has 0 unspecified atom stereocenters. The molecule has 1 heterocycles. The van der Waals surface area contributed by atoms with E-state index in [0.717, 1.165) is 33.8 Å². The van der Waals surface area contributed by atoms with E-state index >= 15 is 0 Å². The van der Waals surface area contributed by atoms with E-state index in [9.17, 15) is 14.9 Å². The average molecular weight is 521 g/mol. The van der Waals surface area contributed by atoms with Crippen LogP contribution in [0.3, 0.4) is 0 Å². The summed E-state index contributed by atoms with van der Waals surface area (Å²) in [5.41, 5.74) is 7.90. The van der Waals surface area contributed by atoms with Crippen molar-refractivity contribution in [3.8, 4) is 28.2 Å². The molecule has 0 saturated carbocycles. The maximum atomic E-state index is 12.6. The lowest BCUT2D eigenvalue weighted by molar-refractivity contribution is -0.384. The zero-order chi connectivity index (χ0) is 26.5. The number of nitro benzene ring substituents is 1. The Bertz CT molecular complexity index is 1630. The number of halogens is 1. The summed E-state index contributed by atoms with van der Waals surface area (Å²) in [6, 6.07) is 34.7. The third-order valence-electron chi connectivity index (χ3n) is 5.95.